The molecule has 4 nitrogen and oxygen atoms in total. The molecule has 1 atom stereocenters. The first kappa shape index (κ1) is 11.5. The Balaban J connectivity index is 1.78. The molecule has 0 radical (unpaired) electrons. The lowest BCUT2D eigenvalue weighted by molar-refractivity contribution is 0.273. The SMILES string of the molecule is NC1(c2noc(C3CCCS3)n2)CCCCC1. The Labute approximate surface area is 106 Å². The highest BCUT2D eigenvalue weighted by Crippen LogP contribution is 2.40. The molecule has 2 heterocycles. The van der Waals surface area contributed by atoms with Crippen molar-refractivity contribution in [3.05, 3.63) is 11.7 Å². The minimum Gasteiger partial charge on any atom is -0.338 e. The molecule has 2 fully saturated rings. The number of thioether (sulfide) groups is 1. The Morgan fingerprint density at radius 1 is 1.24 bits per heavy atom. The summed E-state index contributed by atoms with van der Waals surface area (Å²) < 4.78 is 5.41. The van der Waals surface area contributed by atoms with E-state index in [-0.39, 0.29) is 5.54 Å². The summed E-state index contributed by atoms with van der Waals surface area (Å²) in [6.45, 7) is 0. The lowest BCUT2D eigenvalue weighted by Gasteiger charge is -2.29. The molecule has 1 aliphatic heterocycles. The molecule has 5 heteroatoms. The van der Waals surface area contributed by atoms with E-state index in [1.54, 1.807) is 0 Å². The Morgan fingerprint density at radius 3 is 2.76 bits per heavy atom. The molecule has 1 aliphatic carbocycles. The van der Waals surface area contributed by atoms with Crippen LogP contribution in [-0.2, 0) is 5.54 Å². The van der Waals surface area contributed by atoms with Crippen LogP contribution in [0.5, 0.6) is 0 Å². The number of hydrogen-bond donors (Lipinski definition) is 1. The highest BCUT2D eigenvalue weighted by Gasteiger charge is 2.35. The van der Waals surface area contributed by atoms with Crippen molar-refractivity contribution in [1.82, 2.24) is 10.1 Å². The van der Waals surface area contributed by atoms with E-state index in [0.29, 0.717) is 5.25 Å². The van der Waals surface area contributed by atoms with Crippen LogP contribution in [0.4, 0.5) is 0 Å². The molecule has 0 bridgehead atoms. The number of rotatable bonds is 2. The van der Waals surface area contributed by atoms with Crippen LogP contribution in [-0.4, -0.2) is 15.9 Å². The second-order valence-electron chi connectivity index (χ2n) is 5.17. The third-order valence-electron chi connectivity index (χ3n) is 3.84. The summed E-state index contributed by atoms with van der Waals surface area (Å²) >= 11 is 1.92. The molecule has 1 aromatic heterocycles. The van der Waals surface area contributed by atoms with Crippen LogP contribution in [0.1, 0.15) is 61.9 Å². The van der Waals surface area contributed by atoms with Crippen molar-refractivity contribution in [2.24, 2.45) is 5.73 Å². The van der Waals surface area contributed by atoms with Crippen LogP contribution < -0.4 is 5.73 Å². The van der Waals surface area contributed by atoms with Crippen LogP contribution in [0.3, 0.4) is 0 Å². The minimum atomic E-state index is -0.330. The highest BCUT2D eigenvalue weighted by molar-refractivity contribution is 7.99. The Hall–Kier alpha value is -0.550. The molecule has 17 heavy (non-hydrogen) atoms. The molecule has 1 saturated carbocycles. The summed E-state index contributed by atoms with van der Waals surface area (Å²) in [5.74, 6) is 2.73. The molecule has 3 rings (SSSR count). The van der Waals surface area contributed by atoms with Gasteiger partial charge in [0.25, 0.3) is 0 Å². The number of aromatic nitrogens is 2. The minimum absolute atomic E-state index is 0.330. The van der Waals surface area contributed by atoms with Gasteiger partial charge in [-0.2, -0.15) is 4.98 Å². The molecule has 1 saturated heterocycles. The summed E-state index contributed by atoms with van der Waals surface area (Å²) in [7, 11) is 0. The molecule has 2 N–H and O–H groups in total. The predicted molar refractivity (Wildman–Crippen MR) is 67.7 cm³/mol. The first-order valence-electron chi connectivity index (χ1n) is 6.52. The van der Waals surface area contributed by atoms with Gasteiger partial charge < -0.3 is 10.3 Å². The fraction of sp³-hybridized carbons (Fsp3) is 0.833. The average molecular weight is 253 g/mol. The molecular formula is C12H19N3OS. The van der Waals surface area contributed by atoms with Crippen LogP contribution >= 0.6 is 11.8 Å². The average Bonchev–Trinajstić information content (AvgIpc) is 3.01. The van der Waals surface area contributed by atoms with Gasteiger partial charge in [0.2, 0.25) is 5.89 Å². The van der Waals surface area contributed by atoms with E-state index in [9.17, 15) is 0 Å². The van der Waals surface area contributed by atoms with Crippen LogP contribution in [0.2, 0.25) is 0 Å². The monoisotopic (exact) mass is 253 g/mol. The summed E-state index contributed by atoms with van der Waals surface area (Å²) in [4.78, 5) is 4.56. The first-order valence-corrected chi connectivity index (χ1v) is 7.57. The van der Waals surface area contributed by atoms with Crippen molar-refractivity contribution in [3.63, 3.8) is 0 Å². The van der Waals surface area contributed by atoms with E-state index in [1.807, 2.05) is 11.8 Å². The van der Waals surface area contributed by atoms with Gasteiger partial charge in [-0.05, 0) is 31.4 Å². The van der Waals surface area contributed by atoms with Crippen LogP contribution in [0.15, 0.2) is 4.52 Å². The Kier molecular flexibility index (Phi) is 3.13. The standard InChI is InChI=1S/C12H19N3OS/c13-12(6-2-1-3-7-12)11-14-10(16-15-11)9-5-4-8-17-9/h9H,1-8,13H2. The normalized spacial score (nSPS) is 28.4. The fourth-order valence-corrected chi connectivity index (χ4v) is 3.94. The van der Waals surface area contributed by atoms with Gasteiger partial charge in [-0.15, -0.1) is 11.8 Å². The largest absolute Gasteiger partial charge is 0.338 e. The maximum atomic E-state index is 6.40. The van der Waals surface area contributed by atoms with Gasteiger partial charge in [0, 0.05) is 0 Å². The third-order valence-corrected chi connectivity index (χ3v) is 5.20. The zero-order valence-corrected chi connectivity index (χ0v) is 10.8. The predicted octanol–water partition coefficient (Wildman–Crippen LogP) is 2.76. The zero-order chi connectivity index (χ0) is 11.7. The summed E-state index contributed by atoms with van der Waals surface area (Å²) in [6, 6.07) is 0. The lowest BCUT2D eigenvalue weighted by atomic mass is 9.82. The summed E-state index contributed by atoms with van der Waals surface area (Å²) in [5.41, 5.74) is 6.07. The van der Waals surface area contributed by atoms with Crippen LogP contribution in [0, 0.1) is 0 Å². The molecule has 2 aliphatic rings. The van der Waals surface area contributed by atoms with Crippen molar-refractivity contribution >= 4 is 11.8 Å². The molecule has 0 aromatic carbocycles. The van der Waals surface area contributed by atoms with Gasteiger partial charge in [-0.1, -0.05) is 24.4 Å². The zero-order valence-electron chi connectivity index (χ0n) is 10.0. The van der Waals surface area contributed by atoms with E-state index in [1.165, 1.54) is 31.4 Å². The van der Waals surface area contributed by atoms with Crippen molar-refractivity contribution in [2.45, 2.75) is 55.7 Å². The van der Waals surface area contributed by atoms with Crippen molar-refractivity contribution < 1.29 is 4.52 Å². The van der Waals surface area contributed by atoms with Crippen molar-refractivity contribution in [3.8, 4) is 0 Å². The van der Waals surface area contributed by atoms with E-state index in [0.717, 1.165) is 31.0 Å². The highest BCUT2D eigenvalue weighted by atomic mass is 32.2. The molecule has 94 valence electrons. The second kappa shape index (κ2) is 4.61. The van der Waals surface area contributed by atoms with Gasteiger partial charge in [0.05, 0.1) is 10.8 Å². The summed E-state index contributed by atoms with van der Waals surface area (Å²) in [5, 5.41) is 4.54. The van der Waals surface area contributed by atoms with Crippen molar-refractivity contribution in [1.29, 1.82) is 0 Å². The fourth-order valence-electron chi connectivity index (χ4n) is 2.75. The van der Waals surface area contributed by atoms with Gasteiger partial charge in [-0.25, -0.2) is 0 Å². The second-order valence-corrected chi connectivity index (χ2v) is 6.49. The van der Waals surface area contributed by atoms with E-state index < -0.39 is 0 Å². The topological polar surface area (TPSA) is 64.9 Å². The number of nitrogens with two attached hydrogens (primary N) is 1. The van der Waals surface area contributed by atoms with Gasteiger partial charge in [0.1, 0.15) is 0 Å². The molecule has 0 amide bonds. The van der Waals surface area contributed by atoms with Crippen molar-refractivity contribution in [2.75, 3.05) is 5.75 Å². The molecule has 0 spiro atoms. The van der Waals surface area contributed by atoms with Gasteiger partial charge in [-0.3, -0.25) is 0 Å². The number of nitrogens with zero attached hydrogens (tertiary/aromatic N) is 2. The molecule has 1 unspecified atom stereocenters. The van der Waals surface area contributed by atoms with Gasteiger partial charge >= 0.3 is 0 Å². The Bertz CT molecular complexity index is 381. The maximum absolute atomic E-state index is 6.40. The molecule has 1 aromatic rings. The van der Waals surface area contributed by atoms with E-state index >= 15 is 0 Å². The smallest absolute Gasteiger partial charge is 0.239 e. The quantitative estimate of drug-likeness (QED) is 0.878. The Morgan fingerprint density at radius 2 is 2.06 bits per heavy atom. The lowest BCUT2D eigenvalue weighted by Crippen LogP contribution is -2.39. The van der Waals surface area contributed by atoms with Crippen LogP contribution in [0.25, 0.3) is 0 Å². The third kappa shape index (κ3) is 2.22. The van der Waals surface area contributed by atoms with E-state index in [2.05, 4.69) is 10.1 Å². The maximum Gasteiger partial charge on any atom is 0.239 e. The van der Waals surface area contributed by atoms with Gasteiger partial charge in [0.15, 0.2) is 5.82 Å². The first-order chi connectivity index (χ1) is 8.28. The van der Waals surface area contributed by atoms with E-state index in [4.69, 9.17) is 10.3 Å². The molecular weight excluding hydrogens is 234 g/mol. The number of hydrogen-bond acceptors (Lipinski definition) is 5. The summed E-state index contributed by atoms with van der Waals surface area (Å²) in [6.07, 6.45) is 8.03.